The molecule has 2 aromatic rings. The average molecular weight is 367 g/mol. The molecule has 1 atom stereocenters. The van der Waals surface area contributed by atoms with E-state index in [1.807, 2.05) is 18.2 Å². The monoisotopic (exact) mass is 367 g/mol. The van der Waals surface area contributed by atoms with Gasteiger partial charge in [0.15, 0.2) is 0 Å². The molecule has 2 aliphatic rings. The van der Waals surface area contributed by atoms with E-state index in [0.29, 0.717) is 12.2 Å². The second-order valence-corrected chi connectivity index (χ2v) is 7.30. The largest absolute Gasteiger partial charge is 0.398 e. The van der Waals surface area contributed by atoms with Crippen LogP contribution in [-0.2, 0) is 16.0 Å². The van der Waals surface area contributed by atoms with Gasteiger partial charge in [0, 0.05) is 30.9 Å². The molecule has 2 amide bonds. The van der Waals surface area contributed by atoms with Crippen LogP contribution in [0.1, 0.15) is 24.0 Å². The van der Waals surface area contributed by atoms with Crippen molar-refractivity contribution in [1.82, 2.24) is 0 Å². The number of hydrogen-bond donors (Lipinski definition) is 1. The SMILES string of the molecule is Cc1ccc(N2CC(C(=O)N3CCCc4c(N)cccc43)CC2=O)c(F)c1. The molecule has 27 heavy (non-hydrogen) atoms. The molecule has 1 saturated heterocycles. The number of anilines is 3. The van der Waals surface area contributed by atoms with Crippen molar-refractivity contribution in [2.75, 3.05) is 28.6 Å². The normalized spacial score (nSPS) is 19.3. The van der Waals surface area contributed by atoms with E-state index < -0.39 is 11.7 Å². The summed E-state index contributed by atoms with van der Waals surface area (Å²) >= 11 is 0. The van der Waals surface area contributed by atoms with E-state index >= 15 is 0 Å². The summed E-state index contributed by atoms with van der Waals surface area (Å²) in [6, 6.07) is 10.4. The minimum absolute atomic E-state index is 0.0927. The molecule has 5 nitrogen and oxygen atoms in total. The van der Waals surface area contributed by atoms with Crippen molar-refractivity contribution in [2.45, 2.75) is 26.2 Å². The molecule has 2 heterocycles. The first-order valence-electron chi connectivity index (χ1n) is 9.21. The van der Waals surface area contributed by atoms with Crippen LogP contribution in [0, 0.1) is 18.7 Å². The van der Waals surface area contributed by atoms with Gasteiger partial charge < -0.3 is 15.5 Å². The summed E-state index contributed by atoms with van der Waals surface area (Å²) in [6.45, 7) is 2.61. The van der Waals surface area contributed by atoms with Gasteiger partial charge in [0.05, 0.1) is 11.6 Å². The molecule has 2 N–H and O–H groups in total. The van der Waals surface area contributed by atoms with Crippen molar-refractivity contribution in [3.05, 3.63) is 53.3 Å². The van der Waals surface area contributed by atoms with Crippen LogP contribution < -0.4 is 15.5 Å². The standard InChI is InChI=1S/C21H22FN3O2/c1-13-7-8-19(16(22)10-13)25-12-14(11-20(25)26)21(27)24-9-3-4-15-17(23)5-2-6-18(15)24/h2,5-8,10,14H,3-4,9,11-12,23H2,1H3. The van der Waals surface area contributed by atoms with Gasteiger partial charge in [-0.3, -0.25) is 9.59 Å². The van der Waals surface area contributed by atoms with Gasteiger partial charge in [-0.05, 0) is 55.2 Å². The molecule has 1 fully saturated rings. The third-order valence-corrected chi connectivity index (χ3v) is 5.42. The molecular weight excluding hydrogens is 345 g/mol. The van der Waals surface area contributed by atoms with Crippen LogP contribution in [0.2, 0.25) is 0 Å². The van der Waals surface area contributed by atoms with Gasteiger partial charge >= 0.3 is 0 Å². The average Bonchev–Trinajstić information content (AvgIpc) is 3.03. The van der Waals surface area contributed by atoms with Crippen LogP contribution >= 0.6 is 0 Å². The quantitative estimate of drug-likeness (QED) is 0.830. The predicted octanol–water partition coefficient (Wildman–Crippen LogP) is 3.05. The number of amides is 2. The Bertz CT molecular complexity index is 928. The van der Waals surface area contributed by atoms with Gasteiger partial charge in [0.25, 0.3) is 0 Å². The maximum absolute atomic E-state index is 14.3. The van der Waals surface area contributed by atoms with Gasteiger partial charge in [0.1, 0.15) is 5.82 Å². The lowest BCUT2D eigenvalue weighted by molar-refractivity contribution is -0.124. The molecule has 6 heteroatoms. The molecule has 0 aliphatic carbocycles. The van der Waals surface area contributed by atoms with Crippen molar-refractivity contribution in [1.29, 1.82) is 0 Å². The topological polar surface area (TPSA) is 66.6 Å². The Morgan fingerprint density at radius 1 is 1.22 bits per heavy atom. The summed E-state index contributed by atoms with van der Waals surface area (Å²) in [5.41, 5.74) is 9.61. The highest BCUT2D eigenvalue weighted by molar-refractivity contribution is 6.05. The molecule has 2 aliphatic heterocycles. The number of nitrogen functional groups attached to an aromatic ring is 1. The van der Waals surface area contributed by atoms with Crippen molar-refractivity contribution in [3.8, 4) is 0 Å². The fraction of sp³-hybridized carbons (Fsp3) is 0.333. The van der Waals surface area contributed by atoms with E-state index in [0.717, 1.165) is 29.7 Å². The van der Waals surface area contributed by atoms with Crippen molar-refractivity contribution < 1.29 is 14.0 Å². The summed E-state index contributed by atoms with van der Waals surface area (Å²) in [4.78, 5) is 28.8. The number of carbonyl (C=O) groups excluding carboxylic acids is 2. The number of nitrogens with two attached hydrogens (primary N) is 1. The lowest BCUT2D eigenvalue weighted by Gasteiger charge is -2.32. The Morgan fingerprint density at radius 2 is 2.04 bits per heavy atom. The molecule has 0 bridgehead atoms. The second-order valence-electron chi connectivity index (χ2n) is 7.30. The van der Waals surface area contributed by atoms with E-state index in [1.165, 1.54) is 11.0 Å². The van der Waals surface area contributed by atoms with Crippen LogP contribution in [0.25, 0.3) is 0 Å². The van der Waals surface area contributed by atoms with E-state index in [-0.39, 0.29) is 30.5 Å². The first-order valence-corrected chi connectivity index (χ1v) is 9.21. The number of aryl methyl sites for hydroxylation is 1. The smallest absolute Gasteiger partial charge is 0.232 e. The fourth-order valence-electron chi connectivity index (χ4n) is 4.04. The molecule has 0 spiro atoms. The van der Waals surface area contributed by atoms with Crippen LogP contribution in [-0.4, -0.2) is 24.9 Å². The van der Waals surface area contributed by atoms with Gasteiger partial charge in [0.2, 0.25) is 11.8 Å². The summed E-state index contributed by atoms with van der Waals surface area (Å²) < 4.78 is 14.3. The number of nitrogens with zero attached hydrogens (tertiary/aromatic N) is 2. The van der Waals surface area contributed by atoms with Crippen molar-refractivity contribution >= 4 is 28.9 Å². The highest BCUT2D eigenvalue weighted by Crippen LogP contribution is 2.34. The predicted molar refractivity (Wildman–Crippen MR) is 103 cm³/mol. The van der Waals surface area contributed by atoms with Crippen LogP contribution in [0.3, 0.4) is 0 Å². The highest BCUT2D eigenvalue weighted by Gasteiger charge is 2.39. The minimum Gasteiger partial charge on any atom is -0.398 e. The molecule has 2 aromatic carbocycles. The lowest BCUT2D eigenvalue weighted by atomic mass is 9.97. The van der Waals surface area contributed by atoms with Crippen molar-refractivity contribution in [3.63, 3.8) is 0 Å². The van der Waals surface area contributed by atoms with E-state index in [2.05, 4.69) is 0 Å². The van der Waals surface area contributed by atoms with E-state index in [4.69, 9.17) is 5.73 Å². The van der Waals surface area contributed by atoms with Gasteiger partial charge in [-0.15, -0.1) is 0 Å². The van der Waals surface area contributed by atoms with Crippen LogP contribution in [0.15, 0.2) is 36.4 Å². The van der Waals surface area contributed by atoms with Crippen molar-refractivity contribution in [2.24, 2.45) is 5.92 Å². The summed E-state index contributed by atoms with van der Waals surface area (Å²) in [6.07, 6.45) is 1.78. The van der Waals surface area contributed by atoms with Gasteiger partial charge in [-0.25, -0.2) is 4.39 Å². The first-order chi connectivity index (χ1) is 13.0. The fourth-order valence-corrected chi connectivity index (χ4v) is 4.04. The molecule has 4 rings (SSSR count). The molecule has 140 valence electrons. The Morgan fingerprint density at radius 3 is 2.81 bits per heavy atom. The Hall–Kier alpha value is -2.89. The summed E-state index contributed by atoms with van der Waals surface area (Å²) in [5, 5.41) is 0. The number of hydrogen-bond acceptors (Lipinski definition) is 3. The first kappa shape index (κ1) is 17.5. The van der Waals surface area contributed by atoms with Gasteiger partial charge in [-0.2, -0.15) is 0 Å². The number of benzene rings is 2. The zero-order valence-corrected chi connectivity index (χ0v) is 15.2. The molecule has 0 saturated carbocycles. The molecule has 1 unspecified atom stereocenters. The second kappa shape index (κ2) is 6.68. The minimum atomic E-state index is -0.481. The van der Waals surface area contributed by atoms with E-state index in [9.17, 15) is 14.0 Å². The number of carbonyl (C=O) groups is 2. The Kier molecular flexibility index (Phi) is 4.34. The molecule has 0 radical (unpaired) electrons. The summed E-state index contributed by atoms with van der Waals surface area (Å²) in [5.74, 6) is -1.23. The number of rotatable bonds is 2. The summed E-state index contributed by atoms with van der Waals surface area (Å²) in [7, 11) is 0. The zero-order chi connectivity index (χ0) is 19.1. The van der Waals surface area contributed by atoms with Gasteiger partial charge in [-0.1, -0.05) is 12.1 Å². The third kappa shape index (κ3) is 3.05. The van der Waals surface area contributed by atoms with E-state index in [1.54, 1.807) is 24.0 Å². The Balaban J connectivity index is 1.58. The maximum Gasteiger partial charge on any atom is 0.232 e. The number of halogens is 1. The van der Waals surface area contributed by atoms with Crippen LogP contribution in [0.5, 0.6) is 0 Å². The zero-order valence-electron chi connectivity index (χ0n) is 15.2. The molecular formula is C21H22FN3O2. The highest BCUT2D eigenvalue weighted by atomic mass is 19.1. The van der Waals surface area contributed by atoms with Crippen LogP contribution in [0.4, 0.5) is 21.5 Å². The molecule has 0 aromatic heterocycles. The lowest BCUT2D eigenvalue weighted by Crippen LogP contribution is -2.40. The maximum atomic E-state index is 14.3. The third-order valence-electron chi connectivity index (χ3n) is 5.42. The number of fused-ring (bicyclic) bond motifs is 1. The Labute approximate surface area is 157 Å².